The highest BCUT2D eigenvalue weighted by molar-refractivity contribution is 5.83. The number of hydrogen-bond acceptors (Lipinski definition) is 4. The van der Waals surface area contributed by atoms with Crippen LogP contribution in [0.2, 0.25) is 0 Å². The van der Waals surface area contributed by atoms with Gasteiger partial charge in [0.05, 0.1) is 24.6 Å². The first-order valence-corrected chi connectivity index (χ1v) is 7.23. The van der Waals surface area contributed by atoms with E-state index in [4.69, 9.17) is 10.00 Å². The first-order chi connectivity index (χ1) is 9.22. The van der Waals surface area contributed by atoms with Crippen molar-refractivity contribution in [1.29, 1.82) is 5.26 Å². The summed E-state index contributed by atoms with van der Waals surface area (Å²) in [5.74, 6) is 0.236. The molecule has 19 heavy (non-hydrogen) atoms. The molecule has 5 nitrogen and oxygen atoms in total. The molecule has 5 heteroatoms. The lowest BCUT2D eigenvalue weighted by molar-refractivity contribution is -0.150. The van der Waals surface area contributed by atoms with Gasteiger partial charge in [-0.05, 0) is 32.4 Å². The molecule has 0 radical (unpaired) electrons. The highest BCUT2D eigenvalue weighted by Crippen LogP contribution is 2.36. The fourth-order valence-corrected chi connectivity index (χ4v) is 3.20. The van der Waals surface area contributed by atoms with E-state index in [1.54, 1.807) is 0 Å². The Kier molecular flexibility index (Phi) is 4.78. The van der Waals surface area contributed by atoms with E-state index < -0.39 is 6.10 Å². The molecule has 0 spiro atoms. The zero-order valence-electron chi connectivity index (χ0n) is 11.7. The summed E-state index contributed by atoms with van der Waals surface area (Å²) in [4.78, 5) is 14.7. The van der Waals surface area contributed by atoms with Crippen molar-refractivity contribution in [2.24, 2.45) is 5.41 Å². The van der Waals surface area contributed by atoms with Crippen LogP contribution < -0.4 is 5.32 Å². The van der Waals surface area contributed by atoms with Gasteiger partial charge in [0, 0.05) is 6.54 Å². The number of piperidine rings is 1. The van der Waals surface area contributed by atoms with Gasteiger partial charge < -0.3 is 15.0 Å². The van der Waals surface area contributed by atoms with Gasteiger partial charge in [-0.15, -0.1) is 0 Å². The van der Waals surface area contributed by atoms with Crippen LogP contribution >= 0.6 is 0 Å². The Morgan fingerprint density at radius 2 is 2.26 bits per heavy atom. The van der Waals surface area contributed by atoms with Gasteiger partial charge in [-0.1, -0.05) is 13.3 Å². The van der Waals surface area contributed by atoms with Crippen LogP contribution in [0.1, 0.15) is 32.6 Å². The van der Waals surface area contributed by atoms with Crippen molar-refractivity contribution in [2.45, 2.75) is 38.7 Å². The first-order valence-electron chi connectivity index (χ1n) is 7.23. The average Bonchev–Trinajstić information content (AvgIpc) is 2.48. The molecular formula is C14H23N3O2. The summed E-state index contributed by atoms with van der Waals surface area (Å²) < 4.78 is 5.32. The second kappa shape index (κ2) is 6.36. The van der Waals surface area contributed by atoms with E-state index in [1.165, 1.54) is 0 Å². The summed E-state index contributed by atoms with van der Waals surface area (Å²) in [6.07, 6.45) is 3.33. The van der Waals surface area contributed by atoms with Crippen molar-refractivity contribution in [1.82, 2.24) is 10.2 Å². The summed E-state index contributed by atoms with van der Waals surface area (Å²) in [6, 6.07) is 2.11. The third-order valence-electron chi connectivity index (χ3n) is 4.24. The van der Waals surface area contributed by atoms with Gasteiger partial charge in [0.1, 0.15) is 0 Å². The molecule has 1 unspecified atom stereocenters. The van der Waals surface area contributed by atoms with Crippen LogP contribution in [0.15, 0.2) is 0 Å². The van der Waals surface area contributed by atoms with E-state index in [0.29, 0.717) is 19.7 Å². The zero-order chi connectivity index (χ0) is 13.7. The zero-order valence-corrected chi connectivity index (χ0v) is 11.7. The number of morpholine rings is 1. The van der Waals surface area contributed by atoms with Gasteiger partial charge >= 0.3 is 0 Å². The molecule has 2 fully saturated rings. The van der Waals surface area contributed by atoms with Crippen molar-refractivity contribution in [2.75, 3.05) is 32.8 Å². The molecule has 0 aliphatic carbocycles. The number of nitrogens with one attached hydrogen (secondary N) is 1. The predicted octanol–water partition coefficient (Wildman–Crippen LogP) is 0.907. The molecule has 2 saturated heterocycles. The first kappa shape index (κ1) is 14.3. The Morgan fingerprint density at radius 3 is 2.89 bits per heavy atom. The Labute approximate surface area is 114 Å². The fraction of sp³-hybridized carbons (Fsp3) is 0.857. The second-order valence-corrected chi connectivity index (χ2v) is 5.52. The van der Waals surface area contributed by atoms with E-state index in [2.05, 4.69) is 18.3 Å². The third-order valence-corrected chi connectivity index (χ3v) is 4.24. The molecule has 0 aromatic carbocycles. The molecular weight excluding hydrogens is 242 g/mol. The molecule has 0 bridgehead atoms. The minimum Gasteiger partial charge on any atom is -0.360 e. The van der Waals surface area contributed by atoms with Gasteiger partial charge in [-0.25, -0.2) is 0 Å². The monoisotopic (exact) mass is 265 g/mol. The van der Waals surface area contributed by atoms with Crippen LogP contribution in [0, 0.1) is 16.7 Å². The van der Waals surface area contributed by atoms with Crippen LogP contribution in [-0.2, 0) is 9.53 Å². The van der Waals surface area contributed by atoms with Crippen LogP contribution in [0.25, 0.3) is 0 Å². The van der Waals surface area contributed by atoms with E-state index >= 15 is 0 Å². The quantitative estimate of drug-likeness (QED) is 0.823. The third kappa shape index (κ3) is 3.07. The van der Waals surface area contributed by atoms with Crippen LogP contribution in [0.3, 0.4) is 0 Å². The number of ether oxygens (including phenoxy) is 1. The summed E-state index contributed by atoms with van der Waals surface area (Å²) >= 11 is 0. The Hall–Kier alpha value is -1.12. The van der Waals surface area contributed by atoms with Gasteiger partial charge in [0.15, 0.2) is 6.10 Å². The average molecular weight is 265 g/mol. The molecule has 1 N–H and O–H groups in total. The lowest BCUT2D eigenvalue weighted by Gasteiger charge is -2.41. The molecule has 0 saturated carbocycles. The van der Waals surface area contributed by atoms with Gasteiger partial charge in [-0.2, -0.15) is 5.26 Å². The number of rotatable bonds is 3. The fourth-order valence-electron chi connectivity index (χ4n) is 3.20. The number of carbonyl (C=O) groups is 1. The summed E-state index contributed by atoms with van der Waals surface area (Å²) in [5.41, 5.74) is -0.211. The summed E-state index contributed by atoms with van der Waals surface area (Å²) in [7, 11) is 0. The minimum absolute atomic E-state index is 0.211. The normalized spacial score (nSPS) is 26.7. The number of carbonyl (C=O) groups excluding carboxylic acids is 1. The van der Waals surface area contributed by atoms with Crippen molar-refractivity contribution in [3.05, 3.63) is 0 Å². The van der Waals surface area contributed by atoms with Gasteiger partial charge in [0.25, 0.3) is 0 Å². The molecule has 2 aliphatic heterocycles. The molecule has 106 valence electrons. The standard InChI is InChI=1S/C14H23N3O2/c1-2-3-14(4-6-16-7-5-14)13(18)17-8-9-19-12(10-15)11-17/h12,16H,2-9,11H2,1H3. The number of amides is 1. The SMILES string of the molecule is CCCC1(C(=O)N2CCOC(C#N)C2)CCNCC1. The maximum absolute atomic E-state index is 12.9. The van der Waals surface area contributed by atoms with E-state index in [-0.39, 0.29) is 11.3 Å². The topological polar surface area (TPSA) is 65.4 Å². The number of nitriles is 1. The molecule has 2 aliphatic rings. The smallest absolute Gasteiger partial charge is 0.229 e. The maximum Gasteiger partial charge on any atom is 0.229 e. The highest BCUT2D eigenvalue weighted by Gasteiger charge is 2.42. The summed E-state index contributed by atoms with van der Waals surface area (Å²) in [5, 5.41) is 12.3. The van der Waals surface area contributed by atoms with Crippen molar-refractivity contribution < 1.29 is 9.53 Å². The maximum atomic E-state index is 12.9. The van der Waals surface area contributed by atoms with Crippen molar-refractivity contribution >= 4 is 5.91 Å². The largest absolute Gasteiger partial charge is 0.360 e. The summed E-state index contributed by atoms with van der Waals surface area (Å²) in [6.45, 7) is 5.48. The van der Waals surface area contributed by atoms with Gasteiger partial charge in [0.2, 0.25) is 5.91 Å². The van der Waals surface area contributed by atoms with E-state index in [1.807, 2.05) is 4.90 Å². The molecule has 0 aromatic rings. The minimum atomic E-state index is -0.460. The predicted molar refractivity (Wildman–Crippen MR) is 71.4 cm³/mol. The molecule has 2 rings (SSSR count). The van der Waals surface area contributed by atoms with Crippen LogP contribution in [-0.4, -0.2) is 49.7 Å². The molecule has 1 atom stereocenters. The Bertz CT molecular complexity index is 353. The number of nitrogens with zero attached hydrogens (tertiary/aromatic N) is 2. The van der Waals surface area contributed by atoms with Crippen LogP contribution in [0.5, 0.6) is 0 Å². The molecule has 1 amide bonds. The van der Waals surface area contributed by atoms with E-state index in [0.717, 1.165) is 38.8 Å². The molecule has 2 heterocycles. The van der Waals surface area contributed by atoms with E-state index in [9.17, 15) is 4.79 Å². The van der Waals surface area contributed by atoms with Gasteiger partial charge in [-0.3, -0.25) is 4.79 Å². The number of hydrogen-bond donors (Lipinski definition) is 1. The van der Waals surface area contributed by atoms with Crippen molar-refractivity contribution in [3.63, 3.8) is 0 Å². The van der Waals surface area contributed by atoms with Crippen LogP contribution in [0.4, 0.5) is 0 Å². The molecule has 0 aromatic heterocycles. The Balaban J connectivity index is 2.08. The Morgan fingerprint density at radius 1 is 1.53 bits per heavy atom. The lowest BCUT2D eigenvalue weighted by Crippen LogP contribution is -2.54. The lowest BCUT2D eigenvalue weighted by atomic mass is 9.74. The highest BCUT2D eigenvalue weighted by atomic mass is 16.5. The second-order valence-electron chi connectivity index (χ2n) is 5.52. The van der Waals surface area contributed by atoms with Crippen molar-refractivity contribution in [3.8, 4) is 6.07 Å².